The average molecular weight is 237 g/mol. The molecule has 0 aromatic heterocycles. The molecule has 2 saturated heterocycles. The molecule has 4 nitrogen and oxygen atoms in total. The first-order valence-electron chi connectivity index (χ1n) is 6.55. The topological polar surface area (TPSA) is 36.9 Å². The van der Waals surface area contributed by atoms with E-state index in [2.05, 4.69) is 15.2 Å². The minimum absolute atomic E-state index is 0.299. The first-order chi connectivity index (χ1) is 8.30. The molecule has 0 radical (unpaired) electrons. The average Bonchev–Trinajstić information content (AvgIpc) is 2.88. The quantitative estimate of drug-likeness (QED) is 0.600. The van der Waals surface area contributed by atoms with E-state index in [1.54, 1.807) is 6.20 Å². The predicted molar refractivity (Wildman–Crippen MR) is 70.0 cm³/mol. The lowest BCUT2D eigenvalue weighted by Gasteiger charge is -2.31. The van der Waals surface area contributed by atoms with Crippen molar-refractivity contribution in [1.29, 1.82) is 0 Å². The molecule has 4 heteroatoms. The van der Waals surface area contributed by atoms with Crippen molar-refractivity contribution in [3.8, 4) is 0 Å². The fourth-order valence-electron chi connectivity index (χ4n) is 2.98. The molecule has 2 fully saturated rings. The van der Waals surface area contributed by atoms with Crippen LogP contribution >= 0.6 is 0 Å². The Kier molecular flexibility index (Phi) is 4.05. The molecule has 0 unspecified atom stereocenters. The minimum Gasteiger partial charge on any atom is -0.463 e. The maximum Gasteiger partial charge on any atom is 0.289 e. The van der Waals surface area contributed by atoms with Crippen molar-refractivity contribution in [2.24, 2.45) is 4.99 Å². The second-order valence-electron chi connectivity index (χ2n) is 4.87. The summed E-state index contributed by atoms with van der Waals surface area (Å²) in [6.45, 7) is 5.20. The molecule has 0 aromatic rings. The number of nitrogens with one attached hydrogen (secondary N) is 1. The van der Waals surface area contributed by atoms with Crippen LogP contribution in [0.2, 0.25) is 0 Å². The SMILES string of the molecule is C/C=C\N=C(/NC)OCC12CCCN1CCC2. The number of ether oxygens (including phenoxy) is 1. The van der Waals surface area contributed by atoms with Gasteiger partial charge in [-0.05, 0) is 45.7 Å². The maximum absolute atomic E-state index is 5.83. The molecule has 2 heterocycles. The van der Waals surface area contributed by atoms with Gasteiger partial charge in [-0.15, -0.1) is 0 Å². The van der Waals surface area contributed by atoms with Gasteiger partial charge in [-0.25, -0.2) is 4.99 Å². The van der Waals surface area contributed by atoms with Crippen LogP contribution in [-0.2, 0) is 4.74 Å². The van der Waals surface area contributed by atoms with Crippen LogP contribution in [0.5, 0.6) is 0 Å². The maximum atomic E-state index is 5.83. The first kappa shape index (κ1) is 12.4. The molecule has 0 aromatic carbocycles. The highest BCUT2D eigenvalue weighted by molar-refractivity contribution is 5.73. The van der Waals surface area contributed by atoms with Gasteiger partial charge in [0.2, 0.25) is 0 Å². The van der Waals surface area contributed by atoms with E-state index in [1.807, 2.05) is 20.0 Å². The van der Waals surface area contributed by atoms with Crippen molar-refractivity contribution in [3.63, 3.8) is 0 Å². The van der Waals surface area contributed by atoms with Crippen molar-refractivity contribution in [3.05, 3.63) is 12.3 Å². The Morgan fingerprint density at radius 3 is 2.71 bits per heavy atom. The van der Waals surface area contributed by atoms with Crippen LogP contribution in [0.4, 0.5) is 0 Å². The number of allylic oxidation sites excluding steroid dienone is 1. The standard InChI is InChI=1S/C13H23N3O/c1-3-8-15-12(14-2)17-11-13-6-4-9-16(13)10-5-7-13/h3,8H,4-7,9-11H2,1-2H3,(H,14,15)/b8-3-. The van der Waals surface area contributed by atoms with E-state index in [9.17, 15) is 0 Å². The number of fused-ring (bicyclic) bond motifs is 1. The number of aliphatic imine (C=N–C) groups is 1. The number of hydrogen-bond acceptors (Lipinski definition) is 3. The van der Waals surface area contributed by atoms with Gasteiger partial charge in [-0.3, -0.25) is 4.90 Å². The number of amidine groups is 1. The molecular formula is C13H23N3O. The summed E-state index contributed by atoms with van der Waals surface area (Å²) < 4.78 is 5.83. The predicted octanol–water partition coefficient (Wildman–Crippen LogP) is 1.74. The second kappa shape index (κ2) is 5.54. The molecule has 2 aliphatic rings. The lowest BCUT2D eigenvalue weighted by Crippen LogP contribution is -2.44. The highest BCUT2D eigenvalue weighted by Gasteiger charge is 2.44. The summed E-state index contributed by atoms with van der Waals surface area (Å²) in [4.78, 5) is 6.81. The summed E-state index contributed by atoms with van der Waals surface area (Å²) in [5.74, 6) is 0. The van der Waals surface area contributed by atoms with Gasteiger partial charge in [-0.2, -0.15) is 0 Å². The Morgan fingerprint density at radius 2 is 2.12 bits per heavy atom. The van der Waals surface area contributed by atoms with Gasteiger partial charge in [0.1, 0.15) is 6.61 Å². The third kappa shape index (κ3) is 2.63. The molecule has 0 amide bonds. The largest absolute Gasteiger partial charge is 0.463 e. The highest BCUT2D eigenvalue weighted by atomic mass is 16.5. The van der Waals surface area contributed by atoms with Crippen LogP contribution in [0.25, 0.3) is 0 Å². The molecule has 96 valence electrons. The van der Waals surface area contributed by atoms with Crippen molar-refractivity contribution >= 4 is 6.02 Å². The number of hydrogen-bond donors (Lipinski definition) is 1. The summed E-state index contributed by atoms with van der Waals surface area (Å²) >= 11 is 0. The van der Waals surface area contributed by atoms with Crippen molar-refractivity contribution < 1.29 is 4.74 Å². The lowest BCUT2D eigenvalue weighted by molar-refractivity contribution is 0.104. The molecule has 0 saturated carbocycles. The molecule has 0 bridgehead atoms. The summed E-state index contributed by atoms with van der Waals surface area (Å²) in [5.41, 5.74) is 0.299. The van der Waals surface area contributed by atoms with Gasteiger partial charge < -0.3 is 10.1 Å². The van der Waals surface area contributed by atoms with Gasteiger partial charge in [0, 0.05) is 13.2 Å². The van der Waals surface area contributed by atoms with Crippen molar-refractivity contribution in [1.82, 2.24) is 10.2 Å². The van der Waals surface area contributed by atoms with Crippen LogP contribution in [0.1, 0.15) is 32.6 Å². The van der Waals surface area contributed by atoms with Gasteiger partial charge in [0.15, 0.2) is 0 Å². The highest BCUT2D eigenvalue weighted by Crippen LogP contribution is 2.38. The Morgan fingerprint density at radius 1 is 1.41 bits per heavy atom. The Balaban J connectivity index is 1.92. The van der Waals surface area contributed by atoms with Gasteiger partial charge in [0.25, 0.3) is 6.02 Å². The van der Waals surface area contributed by atoms with E-state index in [-0.39, 0.29) is 0 Å². The van der Waals surface area contributed by atoms with E-state index in [1.165, 1.54) is 38.8 Å². The van der Waals surface area contributed by atoms with E-state index in [4.69, 9.17) is 4.74 Å². The van der Waals surface area contributed by atoms with Crippen LogP contribution in [0.15, 0.2) is 17.3 Å². The van der Waals surface area contributed by atoms with Crippen LogP contribution in [0.3, 0.4) is 0 Å². The number of rotatable bonds is 3. The monoisotopic (exact) mass is 237 g/mol. The fourth-order valence-corrected chi connectivity index (χ4v) is 2.98. The normalized spacial score (nSPS) is 24.2. The van der Waals surface area contributed by atoms with Crippen molar-refractivity contribution in [2.45, 2.75) is 38.1 Å². The summed E-state index contributed by atoms with van der Waals surface area (Å²) in [5, 5.41) is 3.00. The van der Waals surface area contributed by atoms with Crippen LogP contribution < -0.4 is 5.32 Å². The Hall–Kier alpha value is -1.03. The van der Waals surface area contributed by atoms with Gasteiger partial charge in [0.05, 0.1) is 5.54 Å². The van der Waals surface area contributed by atoms with E-state index in [0.717, 1.165) is 6.61 Å². The molecule has 17 heavy (non-hydrogen) atoms. The molecule has 2 aliphatic heterocycles. The zero-order chi connectivity index (χ0) is 12.1. The minimum atomic E-state index is 0.299. The summed E-state index contributed by atoms with van der Waals surface area (Å²) in [6, 6.07) is 0.622. The molecular weight excluding hydrogens is 214 g/mol. The molecule has 0 atom stereocenters. The van der Waals surface area contributed by atoms with E-state index < -0.39 is 0 Å². The lowest BCUT2D eigenvalue weighted by atomic mass is 9.95. The van der Waals surface area contributed by atoms with Gasteiger partial charge >= 0.3 is 0 Å². The first-order valence-corrected chi connectivity index (χ1v) is 6.55. The molecule has 0 aliphatic carbocycles. The fraction of sp³-hybridized carbons (Fsp3) is 0.769. The van der Waals surface area contributed by atoms with Gasteiger partial charge in [-0.1, -0.05) is 6.08 Å². The zero-order valence-corrected chi connectivity index (χ0v) is 10.9. The van der Waals surface area contributed by atoms with Crippen LogP contribution in [-0.4, -0.2) is 43.2 Å². The smallest absolute Gasteiger partial charge is 0.289 e. The summed E-state index contributed by atoms with van der Waals surface area (Å²) in [7, 11) is 1.85. The molecule has 2 rings (SSSR count). The van der Waals surface area contributed by atoms with E-state index >= 15 is 0 Å². The summed E-state index contributed by atoms with van der Waals surface area (Å²) in [6.07, 6.45) is 8.82. The second-order valence-corrected chi connectivity index (χ2v) is 4.87. The molecule has 1 N–H and O–H groups in total. The third-order valence-corrected chi connectivity index (χ3v) is 3.84. The number of nitrogens with zero attached hydrogens (tertiary/aromatic N) is 2. The van der Waals surface area contributed by atoms with Crippen LogP contribution in [0, 0.1) is 0 Å². The van der Waals surface area contributed by atoms with Crippen molar-refractivity contribution in [2.75, 3.05) is 26.7 Å². The molecule has 0 spiro atoms. The van der Waals surface area contributed by atoms with E-state index in [0.29, 0.717) is 11.6 Å². The Labute approximate surface area is 104 Å². The Bertz CT molecular complexity index is 302. The zero-order valence-electron chi connectivity index (χ0n) is 10.9. The third-order valence-electron chi connectivity index (χ3n) is 3.84.